The zero-order valence-corrected chi connectivity index (χ0v) is 10.4. The molecule has 1 heterocycles. The second-order valence-corrected chi connectivity index (χ2v) is 5.93. The summed E-state index contributed by atoms with van der Waals surface area (Å²) in [6.45, 7) is 6.51. The fraction of sp³-hybridized carbons (Fsp3) is 0.917. The second-order valence-electron chi connectivity index (χ2n) is 5.93. The Kier molecular flexibility index (Phi) is 2.86. The quantitative estimate of drug-likeness (QED) is 0.684. The van der Waals surface area contributed by atoms with Gasteiger partial charge in [0.2, 0.25) is 0 Å². The number of nitrogens with two attached hydrogens (primary N) is 1. The fourth-order valence-electron chi connectivity index (χ4n) is 2.87. The molecule has 0 bridgehead atoms. The molecule has 1 unspecified atom stereocenters. The van der Waals surface area contributed by atoms with Crippen LogP contribution in [0.25, 0.3) is 0 Å². The van der Waals surface area contributed by atoms with Crippen LogP contribution in [-0.4, -0.2) is 35.2 Å². The van der Waals surface area contributed by atoms with Crippen molar-refractivity contribution in [3.05, 3.63) is 0 Å². The number of carbonyl (C=O) groups is 1. The summed E-state index contributed by atoms with van der Waals surface area (Å²) in [7, 11) is 0. The van der Waals surface area contributed by atoms with Gasteiger partial charge in [0.25, 0.3) is 0 Å². The molecule has 0 aromatic carbocycles. The number of carbonyl (C=O) groups excluding carboxylic acids is 1. The average Bonchev–Trinajstić information content (AvgIpc) is 2.66. The van der Waals surface area contributed by atoms with Crippen LogP contribution in [0.2, 0.25) is 0 Å². The van der Waals surface area contributed by atoms with Crippen LogP contribution < -0.4 is 5.73 Å². The van der Waals surface area contributed by atoms with Gasteiger partial charge in [0.05, 0.1) is 0 Å². The van der Waals surface area contributed by atoms with Gasteiger partial charge in [0.15, 0.2) is 0 Å². The van der Waals surface area contributed by atoms with E-state index in [2.05, 4.69) is 0 Å². The summed E-state index contributed by atoms with van der Waals surface area (Å²) in [5, 5.41) is 0. The van der Waals surface area contributed by atoms with E-state index in [1.807, 2.05) is 25.7 Å². The molecule has 2 fully saturated rings. The zero-order chi connectivity index (χ0) is 11.9. The van der Waals surface area contributed by atoms with E-state index in [4.69, 9.17) is 10.5 Å². The van der Waals surface area contributed by atoms with Crippen LogP contribution >= 0.6 is 0 Å². The van der Waals surface area contributed by atoms with Crippen LogP contribution in [0.4, 0.5) is 4.79 Å². The SMILES string of the molecule is CC(C)(C)OC(=O)N1CC[C@H]2C(N)CC[C@H]21. The monoisotopic (exact) mass is 226 g/mol. The van der Waals surface area contributed by atoms with E-state index in [-0.39, 0.29) is 12.1 Å². The van der Waals surface area contributed by atoms with Crippen LogP contribution in [0.15, 0.2) is 0 Å². The van der Waals surface area contributed by atoms with Gasteiger partial charge in [-0.3, -0.25) is 0 Å². The molecule has 1 aliphatic heterocycles. The first-order valence-electron chi connectivity index (χ1n) is 6.14. The van der Waals surface area contributed by atoms with Gasteiger partial charge in [-0.15, -0.1) is 0 Å². The van der Waals surface area contributed by atoms with Crippen molar-refractivity contribution in [2.45, 2.75) is 57.7 Å². The molecule has 3 atom stereocenters. The average molecular weight is 226 g/mol. The Hall–Kier alpha value is -0.770. The molecule has 1 saturated carbocycles. The van der Waals surface area contributed by atoms with Gasteiger partial charge in [-0.2, -0.15) is 0 Å². The molecule has 0 spiro atoms. The molecule has 2 rings (SSSR count). The van der Waals surface area contributed by atoms with Crippen molar-refractivity contribution in [1.82, 2.24) is 4.90 Å². The molecule has 0 aromatic rings. The lowest BCUT2D eigenvalue weighted by molar-refractivity contribution is 0.0218. The number of hydrogen-bond acceptors (Lipinski definition) is 3. The summed E-state index contributed by atoms with van der Waals surface area (Å²) in [5.41, 5.74) is 5.62. The highest BCUT2D eigenvalue weighted by atomic mass is 16.6. The van der Waals surface area contributed by atoms with Gasteiger partial charge in [-0.05, 0) is 46.0 Å². The molecule has 1 aliphatic carbocycles. The summed E-state index contributed by atoms with van der Waals surface area (Å²) >= 11 is 0. The zero-order valence-electron chi connectivity index (χ0n) is 10.4. The summed E-state index contributed by atoms with van der Waals surface area (Å²) in [6, 6.07) is 0.599. The van der Waals surface area contributed by atoms with Crippen molar-refractivity contribution in [2.75, 3.05) is 6.54 Å². The van der Waals surface area contributed by atoms with Crippen LogP contribution in [0.5, 0.6) is 0 Å². The van der Waals surface area contributed by atoms with Gasteiger partial charge >= 0.3 is 6.09 Å². The predicted molar refractivity (Wildman–Crippen MR) is 62.0 cm³/mol. The third kappa shape index (κ3) is 2.17. The van der Waals surface area contributed by atoms with Gasteiger partial charge in [0, 0.05) is 18.6 Å². The van der Waals surface area contributed by atoms with Crippen LogP contribution in [0, 0.1) is 5.92 Å². The number of rotatable bonds is 0. The first-order valence-corrected chi connectivity index (χ1v) is 6.14. The van der Waals surface area contributed by atoms with Crippen LogP contribution in [0.3, 0.4) is 0 Å². The van der Waals surface area contributed by atoms with E-state index in [1.54, 1.807) is 0 Å². The number of nitrogens with zero attached hydrogens (tertiary/aromatic N) is 1. The summed E-state index contributed by atoms with van der Waals surface area (Å²) in [5.74, 6) is 0.493. The highest BCUT2D eigenvalue weighted by molar-refractivity contribution is 5.69. The molecule has 0 aromatic heterocycles. The van der Waals surface area contributed by atoms with E-state index >= 15 is 0 Å². The smallest absolute Gasteiger partial charge is 0.410 e. The van der Waals surface area contributed by atoms with Crippen molar-refractivity contribution in [2.24, 2.45) is 11.7 Å². The minimum Gasteiger partial charge on any atom is -0.444 e. The Balaban J connectivity index is 1.99. The Labute approximate surface area is 97.1 Å². The molecule has 92 valence electrons. The van der Waals surface area contributed by atoms with Crippen LogP contribution in [-0.2, 0) is 4.74 Å². The molecule has 0 radical (unpaired) electrons. The van der Waals surface area contributed by atoms with Gasteiger partial charge in [0.1, 0.15) is 5.60 Å². The van der Waals surface area contributed by atoms with Crippen molar-refractivity contribution in [1.29, 1.82) is 0 Å². The molecular weight excluding hydrogens is 204 g/mol. The van der Waals surface area contributed by atoms with E-state index in [0.29, 0.717) is 12.0 Å². The highest BCUT2D eigenvalue weighted by Gasteiger charge is 2.45. The number of ether oxygens (including phenoxy) is 1. The lowest BCUT2D eigenvalue weighted by atomic mass is 10.0. The normalized spacial score (nSPS) is 34.0. The Morgan fingerprint density at radius 3 is 2.62 bits per heavy atom. The maximum Gasteiger partial charge on any atom is 0.410 e. The van der Waals surface area contributed by atoms with E-state index in [9.17, 15) is 4.79 Å². The second kappa shape index (κ2) is 3.91. The van der Waals surface area contributed by atoms with Crippen molar-refractivity contribution in [3.63, 3.8) is 0 Å². The number of amides is 1. The molecule has 2 N–H and O–H groups in total. The van der Waals surface area contributed by atoms with E-state index < -0.39 is 5.60 Å². The predicted octanol–water partition coefficient (Wildman–Crippen LogP) is 1.73. The van der Waals surface area contributed by atoms with Gasteiger partial charge in [-0.1, -0.05) is 0 Å². The highest BCUT2D eigenvalue weighted by Crippen LogP contribution is 2.37. The molecular formula is C12H22N2O2. The topological polar surface area (TPSA) is 55.6 Å². The van der Waals surface area contributed by atoms with Crippen LogP contribution in [0.1, 0.15) is 40.0 Å². The molecule has 1 saturated heterocycles. The Bertz CT molecular complexity index is 285. The largest absolute Gasteiger partial charge is 0.444 e. The van der Waals surface area contributed by atoms with Gasteiger partial charge in [-0.25, -0.2) is 4.79 Å². The van der Waals surface area contributed by atoms with Crippen molar-refractivity contribution >= 4 is 6.09 Å². The lowest BCUT2D eigenvalue weighted by Crippen LogP contribution is -2.40. The van der Waals surface area contributed by atoms with E-state index in [1.165, 1.54) is 0 Å². The lowest BCUT2D eigenvalue weighted by Gasteiger charge is -2.28. The summed E-state index contributed by atoms with van der Waals surface area (Å²) < 4.78 is 5.41. The molecule has 2 aliphatic rings. The molecule has 1 amide bonds. The third-order valence-electron chi connectivity index (χ3n) is 3.57. The molecule has 16 heavy (non-hydrogen) atoms. The summed E-state index contributed by atoms with van der Waals surface area (Å²) in [6.07, 6.45) is 2.93. The Morgan fingerprint density at radius 2 is 2.00 bits per heavy atom. The maximum absolute atomic E-state index is 12.0. The standard InChI is InChI=1S/C12H22N2O2/c1-12(2,3)16-11(15)14-7-6-8-9(13)4-5-10(8)14/h8-10H,4-7,13H2,1-3H3/t8-,9?,10+/m0/s1. The first-order chi connectivity index (χ1) is 7.38. The number of hydrogen-bond donors (Lipinski definition) is 1. The maximum atomic E-state index is 12.0. The number of fused-ring (bicyclic) bond motifs is 1. The molecule has 4 heteroatoms. The molecule has 4 nitrogen and oxygen atoms in total. The Morgan fingerprint density at radius 1 is 1.31 bits per heavy atom. The van der Waals surface area contributed by atoms with Crippen molar-refractivity contribution in [3.8, 4) is 0 Å². The third-order valence-corrected chi connectivity index (χ3v) is 3.57. The van der Waals surface area contributed by atoms with E-state index in [0.717, 1.165) is 25.8 Å². The first kappa shape index (κ1) is 11.7. The van der Waals surface area contributed by atoms with Crippen molar-refractivity contribution < 1.29 is 9.53 Å². The minimum absolute atomic E-state index is 0.172. The van der Waals surface area contributed by atoms with Gasteiger partial charge < -0.3 is 15.4 Å². The minimum atomic E-state index is -0.407. The number of likely N-dealkylation sites (tertiary alicyclic amines) is 1. The summed E-state index contributed by atoms with van der Waals surface area (Å²) in [4.78, 5) is 13.9. The fourth-order valence-corrected chi connectivity index (χ4v) is 2.87.